The molecular weight excluding hydrogens is 557 g/mol. The van der Waals surface area contributed by atoms with E-state index < -0.39 is 0 Å². The van der Waals surface area contributed by atoms with Gasteiger partial charge in [0.25, 0.3) is 11.1 Å². The van der Waals surface area contributed by atoms with Crippen LogP contribution < -0.4 is 14.2 Å². The van der Waals surface area contributed by atoms with E-state index >= 15 is 0 Å². The molecular formula is C30H29Cl2NO5S. The maximum Gasteiger partial charge on any atom is 0.293 e. The molecule has 0 saturated carbocycles. The molecule has 2 amide bonds. The van der Waals surface area contributed by atoms with Gasteiger partial charge in [-0.25, -0.2) is 0 Å². The molecule has 0 N–H and O–H groups in total. The number of carbonyl (C=O) groups is 2. The van der Waals surface area contributed by atoms with Gasteiger partial charge >= 0.3 is 0 Å². The van der Waals surface area contributed by atoms with Gasteiger partial charge in [0.2, 0.25) is 0 Å². The van der Waals surface area contributed by atoms with Crippen LogP contribution in [0.25, 0.3) is 6.08 Å². The molecule has 39 heavy (non-hydrogen) atoms. The van der Waals surface area contributed by atoms with Crippen molar-refractivity contribution in [1.82, 2.24) is 4.90 Å². The highest BCUT2D eigenvalue weighted by Gasteiger charge is 2.35. The minimum atomic E-state index is -0.346. The van der Waals surface area contributed by atoms with Crippen molar-refractivity contribution in [2.24, 2.45) is 0 Å². The molecule has 1 fully saturated rings. The third-order valence-electron chi connectivity index (χ3n) is 6.10. The molecule has 0 aromatic heterocycles. The maximum absolute atomic E-state index is 13.0. The SMILES string of the molecule is COc1cc(/C=C2\SC(=O)N(CCOc3cc(C)ccc3C(C)C)C2=O)ccc1OCc1ccc(Cl)c(Cl)c1. The lowest BCUT2D eigenvalue weighted by molar-refractivity contribution is -0.123. The van der Waals surface area contributed by atoms with Crippen LogP contribution in [0.4, 0.5) is 4.79 Å². The average molecular weight is 587 g/mol. The quantitative estimate of drug-likeness (QED) is 0.224. The van der Waals surface area contributed by atoms with E-state index in [1.165, 1.54) is 12.0 Å². The summed E-state index contributed by atoms with van der Waals surface area (Å²) in [7, 11) is 1.54. The zero-order valence-corrected chi connectivity index (χ0v) is 24.5. The molecule has 0 aliphatic carbocycles. The van der Waals surface area contributed by atoms with E-state index in [9.17, 15) is 9.59 Å². The Morgan fingerprint density at radius 3 is 2.44 bits per heavy atom. The normalized spacial score (nSPS) is 14.4. The smallest absolute Gasteiger partial charge is 0.293 e. The molecule has 6 nitrogen and oxygen atoms in total. The lowest BCUT2D eigenvalue weighted by Gasteiger charge is -2.17. The van der Waals surface area contributed by atoms with Crippen LogP contribution in [-0.4, -0.2) is 36.3 Å². The number of amides is 2. The molecule has 9 heteroatoms. The lowest BCUT2D eigenvalue weighted by Crippen LogP contribution is -2.32. The summed E-state index contributed by atoms with van der Waals surface area (Å²) in [5.74, 6) is 1.76. The van der Waals surface area contributed by atoms with Gasteiger partial charge in [0.1, 0.15) is 19.0 Å². The summed E-state index contributed by atoms with van der Waals surface area (Å²) >= 11 is 13.0. The summed E-state index contributed by atoms with van der Waals surface area (Å²) in [5.41, 5.74) is 3.74. The van der Waals surface area contributed by atoms with E-state index in [2.05, 4.69) is 19.9 Å². The fourth-order valence-electron chi connectivity index (χ4n) is 4.02. The molecule has 3 aromatic rings. The van der Waals surface area contributed by atoms with E-state index in [1.54, 1.807) is 36.4 Å². The third-order valence-corrected chi connectivity index (χ3v) is 7.75. The minimum absolute atomic E-state index is 0.165. The number of imide groups is 1. The number of carbonyl (C=O) groups excluding carboxylic acids is 2. The Morgan fingerprint density at radius 1 is 0.923 bits per heavy atom. The van der Waals surface area contributed by atoms with Crippen LogP contribution in [0, 0.1) is 6.92 Å². The molecule has 4 rings (SSSR count). The van der Waals surface area contributed by atoms with Crippen molar-refractivity contribution in [2.75, 3.05) is 20.3 Å². The zero-order chi connectivity index (χ0) is 28.1. The van der Waals surface area contributed by atoms with Gasteiger partial charge in [-0.2, -0.15) is 0 Å². The number of benzene rings is 3. The molecule has 1 aliphatic heterocycles. The number of halogens is 2. The fraction of sp³-hybridized carbons (Fsp3) is 0.267. The summed E-state index contributed by atoms with van der Waals surface area (Å²) < 4.78 is 17.4. The van der Waals surface area contributed by atoms with Gasteiger partial charge in [0.05, 0.1) is 28.6 Å². The number of hydrogen-bond donors (Lipinski definition) is 0. The Labute approximate surface area is 242 Å². The Hall–Kier alpha value is -3.13. The van der Waals surface area contributed by atoms with Crippen LogP contribution in [0.2, 0.25) is 10.0 Å². The highest BCUT2D eigenvalue weighted by molar-refractivity contribution is 8.18. The molecule has 1 aliphatic rings. The van der Waals surface area contributed by atoms with Crippen molar-refractivity contribution >= 4 is 52.2 Å². The monoisotopic (exact) mass is 585 g/mol. The van der Waals surface area contributed by atoms with Gasteiger partial charge < -0.3 is 14.2 Å². The minimum Gasteiger partial charge on any atom is -0.493 e. The Balaban J connectivity index is 1.40. The number of ether oxygens (including phenoxy) is 3. The Kier molecular flexibility index (Phi) is 9.49. The highest BCUT2D eigenvalue weighted by atomic mass is 35.5. The number of rotatable bonds is 10. The van der Waals surface area contributed by atoms with Crippen molar-refractivity contribution in [2.45, 2.75) is 33.3 Å². The van der Waals surface area contributed by atoms with Gasteiger partial charge in [-0.1, -0.05) is 61.3 Å². The van der Waals surface area contributed by atoms with Gasteiger partial charge in [0.15, 0.2) is 11.5 Å². The molecule has 3 aromatic carbocycles. The predicted molar refractivity (Wildman–Crippen MR) is 157 cm³/mol. The average Bonchev–Trinajstić information content (AvgIpc) is 3.16. The predicted octanol–water partition coefficient (Wildman–Crippen LogP) is 8.13. The first-order valence-electron chi connectivity index (χ1n) is 12.4. The van der Waals surface area contributed by atoms with Crippen LogP contribution in [0.15, 0.2) is 59.5 Å². The van der Waals surface area contributed by atoms with Gasteiger partial charge in [-0.05, 0) is 83.3 Å². The Bertz CT molecular complexity index is 1420. The molecule has 0 unspecified atom stereocenters. The van der Waals surface area contributed by atoms with E-state index in [4.69, 9.17) is 37.4 Å². The number of aryl methyl sites for hydroxylation is 1. The second-order valence-corrected chi connectivity index (χ2v) is 11.1. The zero-order valence-electron chi connectivity index (χ0n) is 22.1. The summed E-state index contributed by atoms with van der Waals surface area (Å²) in [6.07, 6.45) is 1.68. The van der Waals surface area contributed by atoms with Crippen LogP contribution in [0.5, 0.6) is 17.2 Å². The second kappa shape index (κ2) is 12.8. The summed E-state index contributed by atoms with van der Waals surface area (Å²) in [4.78, 5) is 27.2. The molecule has 1 saturated heterocycles. The number of thioether (sulfide) groups is 1. The molecule has 0 bridgehead atoms. The first-order valence-corrected chi connectivity index (χ1v) is 14.0. The number of methoxy groups -OCH3 is 1. The first kappa shape index (κ1) is 28.9. The molecule has 0 radical (unpaired) electrons. The number of hydrogen-bond acceptors (Lipinski definition) is 6. The van der Waals surface area contributed by atoms with Crippen molar-refractivity contribution in [3.63, 3.8) is 0 Å². The summed E-state index contributed by atoms with van der Waals surface area (Å²) in [6.45, 7) is 6.85. The molecule has 0 spiro atoms. The first-order chi connectivity index (χ1) is 18.7. The van der Waals surface area contributed by atoms with Gasteiger partial charge in [-0.15, -0.1) is 0 Å². The lowest BCUT2D eigenvalue weighted by atomic mass is 10.0. The number of nitrogens with zero attached hydrogens (tertiary/aromatic N) is 1. The van der Waals surface area contributed by atoms with E-state index in [1.807, 2.05) is 25.1 Å². The van der Waals surface area contributed by atoms with E-state index in [-0.39, 0.29) is 30.9 Å². The Morgan fingerprint density at radius 2 is 1.72 bits per heavy atom. The maximum atomic E-state index is 13.0. The van der Waals surface area contributed by atoms with E-state index in [0.29, 0.717) is 37.9 Å². The third kappa shape index (κ3) is 7.10. The van der Waals surface area contributed by atoms with E-state index in [0.717, 1.165) is 34.2 Å². The van der Waals surface area contributed by atoms with Crippen LogP contribution in [0.1, 0.15) is 42.0 Å². The van der Waals surface area contributed by atoms with Crippen molar-refractivity contribution in [1.29, 1.82) is 0 Å². The standard InChI is InChI=1S/C30H29Cl2NO5S/c1-18(2)22-8-5-19(3)13-26(22)37-12-11-33-29(34)28(39-30(33)35)16-20-7-10-25(27(15-20)36-4)38-17-21-6-9-23(31)24(32)14-21/h5-10,13-16,18H,11-12,17H2,1-4H3/b28-16-. The molecule has 1 heterocycles. The van der Waals surface area contributed by atoms with Crippen LogP contribution in [-0.2, 0) is 11.4 Å². The van der Waals surface area contributed by atoms with Crippen LogP contribution in [0.3, 0.4) is 0 Å². The second-order valence-electron chi connectivity index (χ2n) is 9.33. The van der Waals surface area contributed by atoms with Crippen LogP contribution >= 0.6 is 35.0 Å². The fourth-order valence-corrected chi connectivity index (χ4v) is 5.20. The van der Waals surface area contributed by atoms with Gasteiger partial charge in [0, 0.05) is 0 Å². The van der Waals surface area contributed by atoms with Crippen molar-refractivity contribution < 1.29 is 23.8 Å². The summed E-state index contributed by atoms with van der Waals surface area (Å²) in [6, 6.07) is 16.7. The largest absolute Gasteiger partial charge is 0.493 e. The van der Waals surface area contributed by atoms with Gasteiger partial charge in [-0.3, -0.25) is 14.5 Å². The molecule has 204 valence electrons. The highest BCUT2D eigenvalue weighted by Crippen LogP contribution is 2.35. The van der Waals surface area contributed by atoms with Crippen molar-refractivity contribution in [3.8, 4) is 17.2 Å². The van der Waals surface area contributed by atoms with Crippen molar-refractivity contribution in [3.05, 3.63) is 91.8 Å². The summed E-state index contributed by atoms with van der Waals surface area (Å²) in [5, 5.41) is 0.610. The molecule has 0 atom stereocenters. The topological polar surface area (TPSA) is 65.1 Å².